The van der Waals surface area contributed by atoms with Gasteiger partial charge in [-0.1, -0.05) is 6.07 Å². The molecule has 96 valence electrons. The molecule has 1 aromatic carbocycles. The van der Waals surface area contributed by atoms with E-state index in [1.807, 2.05) is 17.6 Å². The van der Waals surface area contributed by atoms with Crippen LogP contribution in [-0.4, -0.2) is 34.6 Å². The van der Waals surface area contributed by atoms with Crippen molar-refractivity contribution < 1.29 is 0 Å². The van der Waals surface area contributed by atoms with Crippen LogP contribution >= 0.6 is 0 Å². The average Bonchev–Trinajstić information content (AvgIpc) is 2.65. The molecule has 1 aromatic heterocycles. The van der Waals surface area contributed by atoms with Crippen LogP contribution in [-0.2, 0) is 0 Å². The number of imidazole rings is 1. The highest BCUT2D eigenvalue weighted by atomic mass is 16.1. The molecule has 1 fully saturated rings. The van der Waals surface area contributed by atoms with Gasteiger partial charge in [0.25, 0.3) is 0 Å². The summed E-state index contributed by atoms with van der Waals surface area (Å²) in [7, 11) is 2.14. The number of likely N-dealkylation sites (tertiary alicyclic amines) is 1. The number of H-pyrrole nitrogens is 1. The third-order valence-electron chi connectivity index (χ3n) is 3.93. The van der Waals surface area contributed by atoms with Crippen molar-refractivity contribution >= 4 is 11.0 Å². The minimum Gasteiger partial charge on any atom is -0.306 e. The number of fused-ring (bicyclic) bond motifs is 1. The normalized spacial score (nSPS) is 18.6. The predicted molar refractivity (Wildman–Crippen MR) is 73.1 cm³/mol. The van der Waals surface area contributed by atoms with Crippen LogP contribution in [0.3, 0.4) is 0 Å². The maximum Gasteiger partial charge on any atom is 0.326 e. The first-order chi connectivity index (χ1) is 8.65. The maximum atomic E-state index is 12.1. The van der Waals surface area contributed by atoms with E-state index >= 15 is 0 Å². The number of aromatic amines is 1. The summed E-state index contributed by atoms with van der Waals surface area (Å²) in [4.78, 5) is 17.4. The minimum absolute atomic E-state index is 0.0325. The topological polar surface area (TPSA) is 41.0 Å². The average molecular weight is 245 g/mol. The van der Waals surface area contributed by atoms with Gasteiger partial charge in [0.05, 0.1) is 11.0 Å². The van der Waals surface area contributed by atoms with E-state index in [1.54, 1.807) is 0 Å². The van der Waals surface area contributed by atoms with Crippen molar-refractivity contribution in [2.24, 2.45) is 0 Å². The zero-order chi connectivity index (χ0) is 12.7. The van der Waals surface area contributed by atoms with Gasteiger partial charge in [0.15, 0.2) is 0 Å². The smallest absolute Gasteiger partial charge is 0.306 e. The van der Waals surface area contributed by atoms with Crippen LogP contribution in [0.2, 0.25) is 0 Å². The van der Waals surface area contributed by atoms with Gasteiger partial charge in [-0.3, -0.25) is 4.57 Å². The molecule has 0 aliphatic carbocycles. The third-order valence-corrected chi connectivity index (χ3v) is 3.93. The first kappa shape index (κ1) is 11.5. The predicted octanol–water partition coefficient (Wildman–Crippen LogP) is 1.90. The Morgan fingerprint density at radius 2 is 2.00 bits per heavy atom. The molecule has 0 unspecified atom stereocenters. The van der Waals surface area contributed by atoms with Gasteiger partial charge < -0.3 is 9.88 Å². The van der Waals surface area contributed by atoms with Crippen LogP contribution in [0.4, 0.5) is 0 Å². The van der Waals surface area contributed by atoms with Gasteiger partial charge in [-0.2, -0.15) is 0 Å². The van der Waals surface area contributed by atoms with Crippen LogP contribution in [0, 0.1) is 6.92 Å². The highest BCUT2D eigenvalue weighted by Gasteiger charge is 2.21. The van der Waals surface area contributed by atoms with Crippen LogP contribution in [0.1, 0.15) is 24.4 Å². The van der Waals surface area contributed by atoms with Gasteiger partial charge >= 0.3 is 5.69 Å². The number of nitrogens with zero attached hydrogens (tertiary/aromatic N) is 2. The van der Waals surface area contributed by atoms with Crippen LogP contribution < -0.4 is 5.69 Å². The fourth-order valence-corrected chi connectivity index (χ4v) is 2.86. The lowest BCUT2D eigenvalue weighted by atomic mass is 10.1. The molecule has 1 N–H and O–H groups in total. The number of benzene rings is 1. The second-order valence-corrected chi connectivity index (χ2v) is 5.36. The Hall–Kier alpha value is -1.55. The van der Waals surface area contributed by atoms with Gasteiger partial charge in [-0.15, -0.1) is 0 Å². The fraction of sp³-hybridized carbons (Fsp3) is 0.500. The van der Waals surface area contributed by atoms with Crippen LogP contribution in [0.15, 0.2) is 23.0 Å². The molecule has 2 aromatic rings. The Kier molecular flexibility index (Phi) is 2.74. The Morgan fingerprint density at radius 3 is 2.72 bits per heavy atom. The largest absolute Gasteiger partial charge is 0.326 e. The summed E-state index contributed by atoms with van der Waals surface area (Å²) in [5.41, 5.74) is 3.21. The van der Waals surface area contributed by atoms with E-state index in [4.69, 9.17) is 0 Å². The number of aromatic nitrogens is 2. The van der Waals surface area contributed by atoms with E-state index in [1.165, 1.54) is 5.56 Å². The highest BCUT2D eigenvalue weighted by molar-refractivity contribution is 5.76. The maximum absolute atomic E-state index is 12.1. The van der Waals surface area contributed by atoms with Gasteiger partial charge in [0.1, 0.15) is 0 Å². The zero-order valence-electron chi connectivity index (χ0n) is 10.9. The monoisotopic (exact) mass is 245 g/mol. The SMILES string of the molecule is Cc1ccc2c(c1)[nH]c(=O)n2C1CCN(C)CC1. The fourth-order valence-electron chi connectivity index (χ4n) is 2.86. The quantitative estimate of drug-likeness (QED) is 0.833. The first-order valence-corrected chi connectivity index (χ1v) is 6.54. The molecule has 0 bridgehead atoms. The molecule has 18 heavy (non-hydrogen) atoms. The van der Waals surface area contributed by atoms with Crippen LogP contribution in [0.25, 0.3) is 11.0 Å². The number of rotatable bonds is 1. The van der Waals surface area contributed by atoms with E-state index in [2.05, 4.69) is 29.1 Å². The van der Waals surface area contributed by atoms with Crippen molar-refractivity contribution in [1.29, 1.82) is 0 Å². The van der Waals surface area contributed by atoms with Crippen molar-refractivity contribution in [2.45, 2.75) is 25.8 Å². The number of aryl methyl sites for hydroxylation is 1. The van der Waals surface area contributed by atoms with Crippen LogP contribution in [0.5, 0.6) is 0 Å². The molecule has 4 heteroatoms. The number of hydrogen-bond donors (Lipinski definition) is 1. The molecule has 0 atom stereocenters. The molecule has 0 spiro atoms. The summed E-state index contributed by atoms with van der Waals surface area (Å²) in [5, 5.41) is 0. The van der Waals surface area contributed by atoms with E-state index in [0.29, 0.717) is 6.04 Å². The standard InChI is InChI=1S/C14H19N3O/c1-10-3-4-13-12(9-10)15-14(18)17(13)11-5-7-16(2)8-6-11/h3-4,9,11H,5-8H2,1-2H3,(H,15,18). The molecule has 1 aliphatic heterocycles. The second-order valence-electron chi connectivity index (χ2n) is 5.36. The Morgan fingerprint density at radius 1 is 1.28 bits per heavy atom. The molecular weight excluding hydrogens is 226 g/mol. The lowest BCUT2D eigenvalue weighted by Crippen LogP contribution is -2.34. The number of piperidine rings is 1. The van der Waals surface area contributed by atoms with Crippen molar-refractivity contribution in [2.75, 3.05) is 20.1 Å². The molecule has 0 radical (unpaired) electrons. The molecule has 1 aliphatic rings. The molecule has 4 nitrogen and oxygen atoms in total. The Bertz CT molecular complexity index is 617. The minimum atomic E-state index is 0.0325. The molecule has 2 heterocycles. The Balaban J connectivity index is 2.06. The van der Waals surface area contributed by atoms with Crippen molar-refractivity contribution in [3.05, 3.63) is 34.2 Å². The van der Waals surface area contributed by atoms with Gasteiger partial charge in [-0.05, 0) is 57.6 Å². The van der Waals surface area contributed by atoms with E-state index in [0.717, 1.165) is 37.0 Å². The lowest BCUT2D eigenvalue weighted by molar-refractivity contribution is 0.221. The zero-order valence-corrected chi connectivity index (χ0v) is 10.9. The highest BCUT2D eigenvalue weighted by Crippen LogP contribution is 2.24. The van der Waals surface area contributed by atoms with E-state index < -0.39 is 0 Å². The van der Waals surface area contributed by atoms with Gasteiger partial charge in [-0.25, -0.2) is 4.79 Å². The van der Waals surface area contributed by atoms with Gasteiger partial charge in [0.2, 0.25) is 0 Å². The number of hydrogen-bond acceptors (Lipinski definition) is 2. The molecule has 0 saturated carbocycles. The molecular formula is C14H19N3O. The van der Waals surface area contributed by atoms with Gasteiger partial charge in [0, 0.05) is 6.04 Å². The summed E-state index contributed by atoms with van der Waals surface area (Å²) < 4.78 is 1.95. The van der Waals surface area contributed by atoms with Crippen molar-refractivity contribution in [3.8, 4) is 0 Å². The summed E-state index contributed by atoms with van der Waals surface area (Å²) in [6.45, 7) is 4.18. The summed E-state index contributed by atoms with van der Waals surface area (Å²) in [6, 6.07) is 6.51. The summed E-state index contributed by atoms with van der Waals surface area (Å²) in [6.07, 6.45) is 2.11. The third kappa shape index (κ3) is 1.86. The Labute approximate surface area is 106 Å². The molecule has 0 amide bonds. The summed E-state index contributed by atoms with van der Waals surface area (Å²) >= 11 is 0. The number of nitrogens with one attached hydrogen (secondary N) is 1. The van der Waals surface area contributed by atoms with E-state index in [9.17, 15) is 4.79 Å². The van der Waals surface area contributed by atoms with E-state index in [-0.39, 0.29) is 5.69 Å². The lowest BCUT2D eigenvalue weighted by Gasteiger charge is -2.29. The molecule has 3 rings (SSSR count). The second kappa shape index (κ2) is 4.28. The van der Waals surface area contributed by atoms with Crippen molar-refractivity contribution in [3.63, 3.8) is 0 Å². The first-order valence-electron chi connectivity index (χ1n) is 6.54. The van der Waals surface area contributed by atoms with Crippen molar-refractivity contribution in [1.82, 2.24) is 14.5 Å². The molecule has 1 saturated heterocycles. The summed E-state index contributed by atoms with van der Waals surface area (Å²) in [5.74, 6) is 0.